The number of thioether (sulfide) groups is 1. The Kier molecular flexibility index (Phi) is 11.7. The number of halogens is 1. The van der Waals surface area contributed by atoms with Gasteiger partial charge in [0.1, 0.15) is 0 Å². The fourth-order valence-electron chi connectivity index (χ4n) is 2.98. The molecule has 2 aliphatic heterocycles. The number of aliphatic hydroxyl groups excluding tert-OH is 1. The summed E-state index contributed by atoms with van der Waals surface area (Å²) in [4.78, 5) is 7.17. The van der Waals surface area contributed by atoms with Crippen LogP contribution in [0.1, 0.15) is 39.0 Å². The van der Waals surface area contributed by atoms with E-state index in [-0.39, 0.29) is 30.1 Å². The maximum Gasteiger partial charge on any atom is 0.191 e. The van der Waals surface area contributed by atoms with Crippen LogP contribution in [0.3, 0.4) is 0 Å². The third-order valence-electron chi connectivity index (χ3n) is 4.32. The van der Waals surface area contributed by atoms with Crippen LogP contribution in [0.5, 0.6) is 0 Å². The van der Waals surface area contributed by atoms with E-state index < -0.39 is 0 Å². The van der Waals surface area contributed by atoms with Gasteiger partial charge in [-0.25, -0.2) is 0 Å². The second-order valence-corrected chi connectivity index (χ2v) is 7.62. The summed E-state index contributed by atoms with van der Waals surface area (Å²) in [6.07, 6.45) is 5.56. The van der Waals surface area contributed by atoms with E-state index in [2.05, 4.69) is 34.2 Å². The molecule has 0 aromatic rings. The van der Waals surface area contributed by atoms with Crippen molar-refractivity contribution < 1.29 is 5.11 Å². The lowest BCUT2D eigenvalue weighted by Gasteiger charge is -2.29. The SMILES string of the molecule is CCNC(=NCC1CCCS1)NCCCN1CCC(O)CC1.I. The van der Waals surface area contributed by atoms with E-state index in [0.717, 1.165) is 69.7 Å². The normalized spacial score (nSPS) is 23.6. The predicted octanol–water partition coefficient (Wildman–Crippen LogP) is 1.90. The number of piperidine rings is 1. The minimum absolute atomic E-state index is 0. The van der Waals surface area contributed by atoms with E-state index >= 15 is 0 Å². The highest BCUT2D eigenvalue weighted by atomic mass is 127. The molecule has 23 heavy (non-hydrogen) atoms. The molecule has 2 saturated heterocycles. The molecule has 3 N–H and O–H groups in total. The first-order valence-electron chi connectivity index (χ1n) is 8.82. The summed E-state index contributed by atoms with van der Waals surface area (Å²) in [6.45, 7) is 8.10. The lowest BCUT2D eigenvalue weighted by molar-refractivity contribution is 0.0823. The minimum Gasteiger partial charge on any atom is -0.393 e. The molecule has 0 amide bonds. The van der Waals surface area contributed by atoms with Crippen LogP contribution < -0.4 is 10.6 Å². The molecule has 0 radical (unpaired) electrons. The van der Waals surface area contributed by atoms with Gasteiger partial charge in [0.25, 0.3) is 0 Å². The van der Waals surface area contributed by atoms with Gasteiger partial charge in [0.2, 0.25) is 0 Å². The molecular weight excluding hydrogens is 423 g/mol. The van der Waals surface area contributed by atoms with E-state index in [9.17, 15) is 5.11 Å². The number of nitrogens with one attached hydrogen (secondary N) is 2. The first kappa shape index (κ1) is 21.3. The average molecular weight is 456 g/mol. The smallest absolute Gasteiger partial charge is 0.191 e. The Hall–Kier alpha value is 0.270. The molecule has 0 aromatic heterocycles. The van der Waals surface area contributed by atoms with Crippen molar-refractivity contribution in [1.29, 1.82) is 0 Å². The van der Waals surface area contributed by atoms with E-state index in [4.69, 9.17) is 4.99 Å². The number of hydrogen-bond acceptors (Lipinski definition) is 4. The highest BCUT2D eigenvalue weighted by Gasteiger charge is 2.16. The molecule has 0 aromatic carbocycles. The number of aliphatic hydroxyl groups is 1. The zero-order valence-electron chi connectivity index (χ0n) is 14.3. The third-order valence-corrected chi connectivity index (χ3v) is 5.70. The van der Waals surface area contributed by atoms with Crippen LogP contribution in [0.25, 0.3) is 0 Å². The van der Waals surface area contributed by atoms with Crippen LogP contribution in [-0.2, 0) is 0 Å². The summed E-state index contributed by atoms with van der Waals surface area (Å²) >= 11 is 2.06. The molecule has 7 heteroatoms. The number of aliphatic imine (C=N–C) groups is 1. The maximum atomic E-state index is 9.51. The van der Waals surface area contributed by atoms with E-state index in [0.29, 0.717) is 0 Å². The van der Waals surface area contributed by atoms with Crippen LogP contribution >= 0.6 is 35.7 Å². The lowest BCUT2D eigenvalue weighted by Crippen LogP contribution is -2.40. The van der Waals surface area contributed by atoms with E-state index in [1.165, 1.54) is 18.6 Å². The van der Waals surface area contributed by atoms with Gasteiger partial charge in [0.15, 0.2) is 5.96 Å². The highest BCUT2D eigenvalue weighted by Crippen LogP contribution is 2.25. The van der Waals surface area contributed by atoms with E-state index in [1.807, 2.05) is 0 Å². The summed E-state index contributed by atoms with van der Waals surface area (Å²) < 4.78 is 0. The Morgan fingerprint density at radius 3 is 2.70 bits per heavy atom. The molecule has 0 aliphatic carbocycles. The molecule has 1 unspecified atom stereocenters. The monoisotopic (exact) mass is 456 g/mol. The number of rotatable bonds is 7. The maximum absolute atomic E-state index is 9.51. The molecule has 2 rings (SSSR count). The summed E-state index contributed by atoms with van der Waals surface area (Å²) in [7, 11) is 0. The number of nitrogens with zero attached hydrogens (tertiary/aromatic N) is 2. The van der Waals surface area contributed by atoms with Gasteiger partial charge in [0, 0.05) is 31.4 Å². The van der Waals surface area contributed by atoms with Crippen molar-refractivity contribution in [3.63, 3.8) is 0 Å². The molecule has 0 saturated carbocycles. The highest BCUT2D eigenvalue weighted by molar-refractivity contribution is 14.0. The predicted molar refractivity (Wildman–Crippen MR) is 111 cm³/mol. The first-order valence-corrected chi connectivity index (χ1v) is 9.87. The van der Waals surface area contributed by atoms with Gasteiger partial charge >= 0.3 is 0 Å². The Balaban J connectivity index is 0.00000264. The number of guanidine groups is 1. The van der Waals surface area contributed by atoms with Crippen molar-refractivity contribution in [3.8, 4) is 0 Å². The Bertz CT molecular complexity index is 332. The Morgan fingerprint density at radius 1 is 1.26 bits per heavy atom. The van der Waals surface area contributed by atoms with Crippen LogP contribution in [0, 0.1) is 0 Å². The number of hydrogen-bond donors (Lipinski definition) is 3. The molecule has 2 heterocycles. The molecular formula is C16H33IN4OS. The first-order chi connectivity index (χ1) is 10.8. The van der Waals surface area contributed by atoms with E-state index in [1.54, 1.807) is 0 Å². The molecule has 0 spiro atoms. The molecule has 2 fully saturated rings. The topological polar surface area (TPSA) is 59.9 Å². The largest absolute Gasteiger partial charge is 0.393 e. The molecule has 2 aliphatic rings. The van der Waals surface area contributed by atoms with Gasteiger partial charge in [0.05, 0.1) is 12.6 Å². The molecule has 1 atom stereocenters. The van der Waals surface area contributed by atoms with Crippen molar-refractivity contribution in [1.82, 2.24) is 15.5 Å². The van der Waals surface area contributed by atoms with Gasteiger partial charge in [-0.3, -0.25) is 4.99 Å². The molecule has 0 bridgehead atoms. The van der Waals surface area contributed by atoms with Gasteiger partial charge in [-0.1, -0.05) is 0 Å². The third kappa shape index (κ3) is 8.79. The average Bonchev–Trinajstić information content (AvgIpc) is 3.04. The fourth-order valence-corrected chi connectivity index (χ4v) is 4.16. The fraction of sp³-hybridized carbons (Fsp3) is 0.938. The minimum atomic E-state index is -0.0738. The van der Waals surface area contributed by atoms with Crippen LogP contribution in [0.4, 0.5) is 0 Å². The van der Waals surface area contributed by atoms with Crippen molar-refractivity contribution in [2.24, 2.45) is 4.99 Å². The van der Waals surface area contributed by atoms with Gasteiger partial charge in [-0.2, -0.15) is 11.8 Å². The van der Waals surface area contributed by atoms with Gasteiger partial charge in [-0.05, 0) is 51.3 Å². The van der Waals surface area contributed by atoms with Gasteiger partial charge in [-0.15, -0.1) is 24.0 Å². The van der Waals surface area contributed by atoms with Crippen molar-refractivity contribution in [2.45, 2.75) is 50.4 Å². The van der Waals surface area contributed by atoms with Crippen molar-refractivity contribution in [2.75, 3.05) is 45.0 Å². The summed E-state index contributed by atoms with van der Waals surface area (Å²) in [5.74, 6) is 2.26. The summed E-state index contributed by atoms with van der Waals surface area (Å²) in [5.41, 5.74) is 0. The van der Waals surface area contributed by atoms with Crippen molar-refractivity contribution >= 4 is 41.7 Å². The van der Waals surface area contributed by atoms with Crippen molar-refractivity contribution in [3.05, 3.63) is 0 Å². The Morgan fingerprint density at radius 2 is 2.04 bits per heavy atom. The molecule has 136 valence electrons. The summed E-state index contributed by atoms with van der Waals surface area (Å²) in [5, 5.41) is 17.0. The Labute approximate surface area is 162 Å². The standard InChI is InChI=1S/C16H32N4OS.HI/c1-2-17-16(19-13-15-5-3-12-22-15)18-8-4-9-20-10-6-14(21)7-11-20;/h14-15,21H,2-13H2,1H3,(H2,17,18,19);1H. The molecule has 5 nitrogen and oxygen atoms in total. The van der Waals surface area contributed by atoms with Crippen LogP contribution in [0.2, 0.25) is 0 Å². The lowest BCUT2D eigenvalue weighted by atomic mass is 10.1. The van der Waals surface area contributed by atoms with Crippen LogP contribution in [0.15, 0.2) is 4.99 Å². The number of likely N-dealkylation sites (tertiary alicyclic amines) is 1. The second kappa shape index (κ2) is 12.6. The van der Waals surface area contributed by atoms with Crippen LogP contribution in [-0.4, -0.2) is 72.3 Å². The van der Waals surface area contributed by atoms with Gasteiger partial charge < -0.3 is 20.6 Å². The second-order valence-electron chi connectivity index (χ2n) is 6.21. The summed E-state index contributed by atoms with van der Waals surface area (Å²) in [6, 6.07) is 0. The zero-order valence-corrected chi connectivity index (χ0v) is 17.4. The quantitative estimate of drug-likeness (QED) is 0.237. The zero-order chi connectivity index (χ0) is 15.6.